The van der Waals surface area contributed by atoms with Gasteiger partial charge in [0, 0.05) is 6.54 Å². The highest BCUT2D eigenvalue weighted by molar-refractivity contribution is 6.33. The number of carbonyl (C=O) groups is 1. The molecule has 0 saturated carbocycles. The third-order valence-electron chi connectivity index (χ3n) is 2.11. The average Bonchev–Trinajstić information content (AvgIpc) is 2.35. The molecule has 1 aromatic heterocycles. The van der Waals surface area contributed by atoms with E-state index in [2.05, 4.69) is 15.7 Å². The van der Waals surface area contributed by atoms with E-state index >= 15 is 0 Å². The summed E-state index contributed by atoms with van der Waals surface area (Å²) < 4.78 is 1.06. The molecule has 1 heterocycles. The third kappa shape index (κ3) is 3.71. The number of aliphatic hydroxyl groups is 1. The van der Waals surface area contributed by atoms with Gasteiger partial charge < -0.3 is 15.7 Å². The predicted molar refractivity (Wildman–Crippen MR) is 67.8 cm³/mol. The molecule has 0 radical (unpaired) electrons. The number of hydrogen-bond acceptors (Lipinski definition) is 5. The van der Waals surface area contributed by atoms with Crippen LogP contribution in [0.15, 0.2) is 11.0 Å². The second kappa shape index (κ2) is 6.97. The smallest absolute Gasteiger partial charge is 0.287 e. The number of anilines is 1. The zero-order chi connectivity index (χ0) is 13.5. The molecule has 1 rings (SSSR count). The van der Waals surface area contributed by atoms with Crippen molar-refractivity contribution in [1.82, 2.24) is 15.1 Å². The lowest BCUT2D eigenvalue weighted by Gasteiger charge is -2.09. The number of nitrogens with one attached hydrogen (secondary N) is 2. The first-order valence-electron chi connectivity index (χ1n) is 5.47. The molecule has 3 N–H and O–H groups in total. The van der Waals surface area contributed by atoms with Crippen LogP contribution in [0.5, 0.6) is 0 Å². The summed E-state index contributed by atoms with van der Waals surface area (Å²) in [4.78, 5) is 22.9. The van der Waals surface area contributed by atoms with E-state index < -0.39 is 5.56 Å². The number of aliphatic hydroxyl groups excluding tert-OH is 1. The number of halogens is 1. The van der Waals surface area contributed by atoms with Crippen LogP contribution in [-0.4, -0.2) is 40.5 Å². The second-order valence-electron chi connectivity index (χ2n) is 3.43. The molecule has 1 aromatic rings. The van der Waals surface area contributed by atoms with Crippen molar-refractivity contribution in [2.24, 2.45) is 0 Å². The summed E-state index contributed by atoms with van der Waals surface area (Å²) in [5, 5.41) is 17.8. The van der Waals surface area contributed by atoms with Gasteiger partial charge in [-0.05, 0) is 6.92 Å². The highest BCUT2D eigenvalue weighted by Crippen LogP contribution is 2.14. The van der Waals surface area contributed by atoms with Crippen molar-refractivity contribution in [3.63, 3.8) is 0 Å². The number of aromatic nitrogens is 2. The van der Waals surface area contributed by atoms with Crippen LogP contribution in [0, 0.1) is 0 Å². The van der Waals surface area contributed by atoms with E-state index in [0.29, 0.717) is 12.2 Å². The van der Waals surface area contributed by atoms with Gasteiger partial charge in [0.25, 0.3) is 5.56 Å². The van der Waals surface area contributed by atoms with Crippen LogP contribution in [0.2, 0.25) is 5.02 Å². The van der Waals surface area contributed by atoms with E-state index in [0.717, 1.165) is 4.68 Å². The Morgan fingerprint density at radius 1 is 1.61 bits per heavy atom. The molecule has 7 nitrogen and oxygen atoms in total. The Bertz CT molecular complexity index is 475. The van der Waals surface area contributed by atoms with E-state index in [1.807, 2.05) is 6.92 Å². The molecule has 8 heteroatoms. The molecule has 0 saturated heterocycles. The quantitative estimate of drug-likeness (QED) is 0.646. The van der Waals surface area contributed by atoms with Gasteiger partial charge in [0.15, 0.2) is 0 Å². The predicted octanol–water partition coefficient (Wildman–Crippen LogP) is -0.563. The molecule has 100 valence electrons. The Balaban J connectivity index is 2.76. The minimum absolute atomic E-state index is 0.0126. The average molecular weight is 275 g/mol. The van der Waals surface area contributed by atoms with E-state index in [4.69, 9.17) is 16.7 Å². The van der Waals surface area contributed by atoms with Crippen LogP contribution in [0.3, 0.4) is 0 Å². The van der Waals surface area contributed by atoms with Gasteiger partial charge in [0.05, 0.1) is 31.6 Å². The maximum Gasteiger partial charge on any atom is 0.287 e. The molecule has 0 aromatic carbocycles. The van der Waals surface area contributed by atoms with Crippen LogP contribution >= 0.6 is 11.6 Å². The summed E-state index contributed by atoms with van der Waals surface area (Å²) in [6.45, 7) is 2.23. The molecule has 1 amide bonds. The third-order valence-corrected chi connectivity index (χ3v) is 2.48. The molecule has 0 aliphatic heterocycles. The van der Waals surface area contributed by atoms with Crippen molar-refractivity contribution in [1.29, 1.82) is 0 Å². The van der Waals surface area contributed by atoms with Gasteiger partial charge in [-0.1, -0.05) is 11.6 Å². The van der Waals surface area contributed by atoms with Crippen LogP contribution in [-0.2, 0) is 11.3 Å². The largest absolute Gasteiger partial charge is 0.394 e. The fraction of sp³-hybridized carbons (Fsp3) is 0.500. The summed E-state index contributed by atoms with van der Waals surface area (Å²) in [5.41, 5.74) is -0.214. The summed E-state index contributed by atoms with van der Waals surface area (Å²) in [6, 6.07) is 0. The van der Waals surface area contributed by atoms with Gasteiger partial charge in [-0.3, -0.25) is 9.59 Å². The second-order valence-corrected chi connectivity index (χ2v) is 3.81. The van der Waals surface area contributed by atoms with Gasteiger partial charge in [0.2, 0.25) is 5.91 Å². The molecular weight excluding hydrogens is 260 g/mol. The number of rotatable bonds is 6. The standard InChI is InChI=1S/C10H15ClN4O3/c1-2-12-8(17)6-13-7-5-14-15(3-4-16)10(18)9(7)11/h5,13,16H,2-4,6H2,1H3,(H,12,17). The number of nitrogens with zero attached hydrogens (tertiary/aromatic N) is 2. The lowest BCUT2D eigenvalue weighted by molar-refractivity contribution is -0.119. The van der Waals surface area contributed by atoms with Crippen LogP contribution in [0.25, 0.3) is 0 Å². The topological polar surface area (TPSA) is 96.2 Å². The highest BCUT2D eigenvalue weighted by Gasteiger charge is 2.09. The Labute approximate surface area is 109 Å². The maximum atomic E-state index is 11.7. The molecule has 0 aliphatic rings. The van der Waals surface area contributed by atoms with Gasteiger partial charge in [0.1, 0.15) is 5.02 Å². The van der Waals surface area contributed by atoms with Crippen molar-refractivity contribution < 1.29 is 9.90 Å². The first kappa shape index (κ1) is 14.5. The monoisotopic (exact) mass is 274 g/mol. The van der Waals surface area contributed by atoms with Crippen molar-refractivity contribution >= 4 is 23.2 Å². The lowest BCUT2D eigenvalue weighted by atomic mass is 10.4. The fourth-order valence-electron chi connectivity index (χ4n) is 1.28. The Morgan fingerprint density at radius 2 is 2.33 bits per heavy atom. The molecule has 0 fully saturated rings. The molecule has 0 spiro atoms. The van der Waals surface area contributed by atoms with Crippen molar-refractivity contribution in [2.45, 2.75) is 13.5 Å². The maximum absolute atomic E-state index is 11.7. The fourth-order valence-corrected chi connectivity index (χ4v) is 1.49. The normalized spacial score (nSPS) is 10.2. The molecule has 0 bridgehead atoms. The van der Waals surface area contributed by atoms with Gasteiger partial charge in [-0.15, -0.1) is 0 Å². The van der Waals surface area contributed by atoms with Crippen LogP contribution in [0.1, 0.15) is 6.92 Å². The van der Waals surface area contributed by atoms with Gasteiger partial charge in [-0.2, -0.15) is 5.10 Å². The number of carbonyl (C=O) groups excluding carboxylic acids is 1. The first-order valence-corrected chi connectivity index (χ1v) is 5.85. The number of amides is 1. The Morgan fingerprint density at radius 3 is 2.94 bits per heavy atom. The minimum atomic E-state index is -0.508. The molecular formula is C10H15ClN4O3. The van der Waals surface area contributed by atoms with E-state index in [-0.39, 0.29) is 30.6 Å². The summed E-state index contributed by atoms with van der Waals surface area (Å²) in [6.07, 6.45) is 1.35. The van der Waals surface area contributed by atoms with E-state index in [1.165, 1.54) is 6.20 Å². The molecule has 0 atom stereocenters. The van der Waals surface area contributed by atoms with Crippen LogP contribution in [0.4, 0.5) is 5.69 Å². The number of hydrogen-bond donors (Lipinski definition) is 3. The SMILES string of the molecule is CCNC(=O)CNc1cnn(CCO)c(=O)c1Cl. The van der Waals surface area contributed by atoms with Gasteiger partial charge >= 0.3 is 0 Å². The van der Waals surface area contributed by atoms with Crippen molar-refractivity contribution in [2.75, 3.05) is 25.0 Å². The van der Waals surface area contributed by atoms with Gasteiger partial charge in [-0.25, -0.2) is 4.68 Å². The van der Waals surface area contributed by atoms with Crippen LogP contribution < -0.4 is 16.2 Å². The molecule has 0 aliphatic carbocycles. The Kier molecular flexibility index (Phi) is 5.60. The molecule has 0 unspecified atom stereocenters. The summed E-state index contributed by atoms with van der Waals surface area (Å²) >= 11 is 5.85. The first-order chi connectivity index (χ1) is 8.60. The van der Waals surface area contributed by atoms with Crippen molar-refractivity contribution in [3.05, 3.63) is 21.6 Å². The Hall–Kier alpha value is -1.60. The lowest BCUT2D eigenvalue weighted by Crippen LogP contribution is -2.31. The molecule has 18 heavy (non-hydrogen) atoms. The zero-order valence-electron chi connectivity index (χ0n) is 9.94. The highest BCUT2D eigenvalue weighted by atomic mass is 35.5. The number of likely N-dealkylation sites (N-methyl/N-ethyl adjacent to an activating group) is 1. The zero-order valence-corrected chi connectivity index (χ0v) is 10.7. The summed E-state index contributed by atoms with van der Waals surface area (Å²) in [7, 11) is 0. The van der Waals surface area contributed by atoms with Crippen molar-refractivity contribution in [3.8, 4) is 0 Å². The van der Waals surface area contributed by atoms with E-state index in [9.17, 15) is 9.59 Å². The minimum Gasteiger partial charge on any atom is -0.394 e. The summed E-state index contributed by atoms with van der Waals surface area (Å²) in [5.74, 6) is -0.201. The van der Waals surface area contributed by atoms with E-state index in [1.54, 1.807) is 0 Å².